The molecule has 4 aliphatic rings. The Balaban J connectivity index is 1.37. The number of H-pyrrole nitrogens is 1. The van der Waals surface area contributed by atoms with E-state index in [-0.39, 0.29) is 6.17 Å². The molecule has 5 heterocycles. The normalized spacial score (nSPS) is 29.9. The number of nitrogens with one attached hydrogen (secondary N) is 3. The number of aryl methyl sites for hydroxylation is 1. The average Bonchev–Trinajstić information content (AvgIpc) is 3.41. The number of allylic oxidation sites excluding steroid dienone is 2. The highest BCUT2D eigenvalue weighted by atomic mass is 32.1. The van der Waals surface area contributed by atoms with Gasteiger partial charge in [-0.15, -0.1) is 11.3 Å². The van der Waals surface area contributed by atoms with Crippen LogP contribution < -0.4 is 10.6 Å². The highest BCUT2D eigenvalue weighted by Crippen LogP contribution is 2.57. The zero-order chi connectivity index (χ0) is 21.3. The van der Waals surface area contributed by atoms with E-state index in [0.29, 0.717) is 11.3 Å². The number of hydrogen-bond acceptors (Lipinski definition) is 5. The summed E-state index contributed by atoms with van der Waals surface area (Å²) >= 11 is 2.01. The molecule has 1 saturated heterocycles. The van der Waals surface area contributed by atoms with Crippen molar-refractivity contribution in [1.82, 2.24) is 20.6 Å². The van der Waals surface area contributed by atoms with Gasteiger partial charge in [-0.25, -0.2) is 5.01 Å². The molecule has 1 unspecified atom stereocenters. The molecule has 1 saturated carbocycles. The summed E-state index contributed by atoms with van der Waals surface area (Å²) < 4.78 is 0. The van der Waals surface area contributed by atoms with E-state index in [1.165, 1.54) is 77.0 Å². The Morgan fingerprint density at radius 2 is 2.10 bits per heavy atom. The quantitative estimate of drug-likeness (QED) is 0.606. The van der Waals surface area contributed by atoms with Crippen LogP contribution in [-0.4, -0.2) is 35.6 Å². The van der Waals surface area contributed by atoms with Crippen LogP contribution in [0.2, 0.25) is 0 Å². The van der Waals surface area contributed by atoms with E-state index in [9.17, 15) is 0 Å². The first kappa shape index (κ1) is 19.6. The van der Waals surface area contributed by atoms with E-state index in [1.807, 2.05) is 16.3 Å². The summed E-state index contributed by atoms with van der Waals surface area (Å²) in [5.41, 5.74) is 7.36. The second kappa shape index (κ2) is 6.97. The molecule has 31 heavy (non-hydrogen) atoms. The van der Waals surface area contributed by atoms with Crippen molar-refractivity contribution in [3.05, 3.63) is 39.5 Å². The van der Waals surface area contributed by atoms with Gasteiger partial charge in [-0.05, 0) is 86.1 Å². The molecule has 2 aromatic heterocycles. The number of hydrogen-bond donors (Lipinski definition) is 3. The Morgan fingerprint density at radius 3 is 2.84 bits per heavy atom. The van der Waals surface area contributed by atoms with Crippen molar-refractivity contribution in [1.29, 1.82) is 0 Å². The van der Waals surface area contributed by atoms with Crippen LogP contribution in [0.3, 0.4) is 0 Å². The zero-order valence-corrected chi connectivity index (χ0v) is 19.8. The molecule has 6 rings (SSSR count). The van der Waals surface area contributed by atoms with E-state index >= 15 is 0 Å². The molecule has 1 aliphatic carbocycles. The molecule has 3 N–H and O–H groups in total. The maximum Gasteiger partial charge on any atom is 0.143 e. The smallest absolute Gasteiger partial charge is 0.143 e. The summed E-state index contributed by atoms with van der Waals surface area (Å²) in [4.78, 5) is 6.83. The number of hydrazone groups is 1. The van der Waals surface area contributed by atoms with Crippen molar-refractivity contribution in [3.63, 3.8) is 0 Å². The first-order valence-electron chi connectivity index (χ1n) is 11.8. The Labute approximate surface area is 188 Å². The molecule has 0 aromatic carbocycles. The van der Waals surface area contributed by atoms with Gasteiger partial charge in [0, 0.05) is 28.6 Å². The summed E-state index contributed by atoms with van der Waals surface area (Å²) in [6.07, 6.45) is 11.9. The minimum Gasteiger partial charge on any atom is -0.350 e. The van der Waals surface area contributed by atoms with E-state index < -0.39 is 0 Å². The molecule has 1 spiro atoms. The van der Waals surface area contributed by atoms with Crippen LogP contribution in [-0.2, 0) is 0 Å². The third kappa shape index (κ3) is 2.94. The molecule has 1 atom stereocenters. The number of piperidine rings is 1. The van der Waals surface area contributed by atoms with Gasteiger partial charge in [0.25, 0.3) is 0 Å². The first-order valence-corrected chi connectivity index (χ1v) is 12.6. The van der Waals surface area contributed by atoms with E-state index in [1.54, 1.807) is 11.2 Å². The summed E-state index contributed by atoms with van der Waals surface area (Å²) in [5.74, 6) is 1.21. The van der Waals surface area contributed by atoms with Gasteiger partial charge >= 0.3 is 0 Å². The number of aromatic amines is 1. The van der Waals surface area contributed by atoms with Gasteiger partial charge < -0.3 is 15.6 Å². The number of aromatic nitrogens is 1. The third-order valence-electron chi connectivity index (χ3n) is 7.89. The van der Waals surface area contributed by atoms with E-state index in [4.69, 9.17) is 0 Å². The second-order valence-corrected chi connectivity index (χ2v) is 11.5. The Kier molecular flexibility index (Phi) is 4.41. The first-order chi connectivity index (χ1) is 15.0. The predicted octanol–water partition coefficient (Wildman–Crippen LogP) is 5.38. The van der Waals surface area contributed by atoms with Crippen LogP contribution in [0.1, 0.15) is 80.0 Å². The van der Waals surface area contributed by atoms with Crippen LogP contribution in [0.15, 0.2) is 23.0 Å². The van der Waals surface area contributed by atoms with Crippen molar-refractivity contribution in [2.24, 2.45) is 10.5 Å². The van der Waals surface area contributed by atoms with Crippen LogP contribution in [0, 0.1) is 12.3 Å². The molecule has 5 nitrogen and oxygen atoms in total. The maximum atomic E-state index is 4.48. The lowest BCUT2D eigenvalue weighted by Gasteiger charge is -2.50. The number of rotatable bonds is 3. The number of thiophene rings is 1. The van der Waals surface area contributed by atoms with E-state index in [2.05, 4.69) is 60.7 Å². The largest absolute Gasteiger partial charge is 0.350 e. The molecular formula is C25H33N5S. The zero-order valence-electron chi connectivity index (χ0n) is 19.0. The molecule has 2 fully saturated rings. The second-order valence-electron chi connectivity index (χ2n) is 10.4. The minimum atomic E-state index is 0.163. The Bertz CT molecular complexity index is 1120. The summed E-state index contributed by atoms with van der Waals surface area (Å²) in [6.45, 7) is 11.6. The van der Waals surface area contributed by atoms with Crippen molar-refractivity contribution in [2.45, 2.75) is 71.4 Å². The fraction of sp³-hybridized carbons (Fsp3) is 0.560. The van der Waals surface area contributed by atoms with Crippen LogP contribution in [0.4, 0.5) is 0 Å². The molecule has 0 amide bonds. The van der Waals surface area contributed by atoms with Gasteiger partial charge in [0.05, 0.1) is 5.69 Å². The van der Waals surface area contributed by atoms with Gasteiger partial charge in [0.1, 0.15) is 17.3 Å². The average molecular weight is 436 g/mol. The number of nitrogens with zero attached hydrogens (tertiary/aromatic N) is 2. The molecule has 3 aliphatic heterocycles. The molecular weight excluding hydrogens is 402 g/mol. The summed E-state index contributed by atoms with van der Waals surface area (Å²) in [6, 6.07) is 0. The predicted molar refractivity (Wildman–Crippen MR) is 131 cm³/mol. The fourth-order valence-electron chi connectivity index (χ4n) is 6.40. The highest BCUT2D eigenvalue weighted by molar-refractivity contribution is 7.19. The topological polar surface area (TPSA) is 55.5 Å². The van der Waals surface area contributed by atoms with E-state index in [0.717, 1.165) is 5.92 Å². The maximum absolute atomic E-state index is 4.48. The Morgan fingerprint density at radius 1 is 1.26 bits per heavy atom. The summed E-state index contributed by atoms with van der Waals surface area (Å²) in [7, 11) is 0. The van der Waals surface area contributed by atoms with Gasteiger partial charge in [-0.1, -0.05) is 13.8 Å². The van der Waals surface area contributed by atoms with Crippen molar-refractivity contribution in [2.75, 3.05) is 13.1 Å². The SMILES string of the molecule is CC1=CC(c2[nH]c3sc(C4CC5(CCCNC5)C4)c(C)c3c2C(C)C)=CN2N=CNC12. The molecule has 0 radical (unpaired) electrons. The fourth-order valence-corrected chi connectivity index (χ4v) is 7.72. The van der Waals surface area contributed by atoms with Gasteiger partial charge in [0.15, 0.2) is 0 Å². The number of fused-ring (bicyclic) bond motifs is 2. The molecule has 164 valence electrons. The van der Waals surface area contributed by atoms with Crippen molar-refractivity contribution >= 4 is 33.5 Å². The lowest BCUT2D eigenvalue weighted by molar-refractivity contribution is 0.0685. The lowest BCUT2D eigenvalue weighted by Crippen LogP contribution is -2.47. The van der Waals surface area contributed by atoms with Gasteiger partial charge in [0.2, 0.25) is 0 Å². The summed E-state index contributed by atoms with van der Waals surface area (Å²) in [5, 5.41) is 14.9. The minimum absolute atomic E-state index is 0.163. The molecule has 6 heteroatoms. The Hall–Kier alpha value is -2.05. The van der Waals surface area contributed by atoms with Crippen LogP contribution >= 0.6 is 11.3 Å². The van der Waals surface area contributed by atoms with Crippen molar-refractivity contribution < 1.29 is 0 Å². The van der Waals surface area contributed by atoms with Crippen LogP contribution in [0.25, 0.3) is 15.8 Å². The van der Waals surface area contributed by atoms with Gasteiger partial charge in [-0.3, -0.25) is 0 Å². The molecule has 2 aromatic rings. The highest BCUT2D eigenvalue weighted by Gasteiger charge is 2.46. The lowest BCUT2D eigenvalue weighted by atomic mass is 9.58. The monoisotopic (exact) mass is 435 g/mol. The molecule has 0 bridgehead atoms. The van der Waals surface area contributed by atoms with Crippen LogP contribution in [0.5, 0.6) is 0 Å². The van der Waals surface area contributed by atoms with Gasteiger partial charge in [-0.2, -0.15) is 5.10 Å². The standard InChI is InChI=1S/C25H33N5S/c1-14(2)19-20-16(4)22(18-9-25(10-18)6-5-7-26-12-25)31-24(20)29-21(19)17-8-15(3)23-27-13-28-30(23)11-17/h8,11,13-14,18,23,26,29H,5-7,9-10,12H2,1-4H3,(H,27,28). The third-order valence-corrected chi connectivity index (χ3v) is 9.26. The van der Waals surface area contributed by atoms with Crippen molar-refractivity contribution in [3.8, 4) is 0 Å².